The summed E-state index contributed by atoms with van der Waals surface area (Å²) in [7, 11) is 1.68. The molecule has 0 unspecified atom stereocenters. The minimum atomic E-state index is 0.305. The van der Waals surface area contributed by atoms with E-state index < -0.39 is 0 Å². The SMILES string of the molecule is COCCCC(=O)N1CCC(C(C)C)CC1. The number of carbonyl (C=O) groups is 1. The Bertz CT molecular complexity index is 208. The van der Waals surface area contributed by atoms with Gasteiger partial charge < -0.3 is 9.64 Å². The van der Waals surface area contributed by atoms with Gasteiger partial charge in [-0.15, -0.1) is 0 Å². The largest absolute Gasteiger partial charge is 0.385 e. The summed E-state index contributed by atoms with van der Waals surface area (Å²) in [5.74, 6) is 1.87. The molecule has 1 amide bonds. The van der Waals surface area contributed by atoms with Crippen molar-refractivity contribution in [2.75, 3.05) is 26.8 Å². The van der Waals surface area contributed by atoms with Gasteiger partial charge >= 0.3 is 0 Å². The Kier molecular flexibility index (Phi) is 5.81. The third-order valence-corrected chi connectivity index (χ3v) is 3.57. The average Bonchev–Trinajstić information content (AvgIpc) is 2.29. The second kappa shape index (κ2) is 6.89. The van der Waals surface area contributed by atoms with E-state index in [0.29, 0.717) is 18.9 Å². The zero-order valence-corrected chi connectivity index (χ0v) is 10.9. The van der Waals surface area contributed by atoms with Crippen LogP contribution in [-0.4, -0.2) is 37.6 Å². The molecule has 0 aromatic rings. The number of hydrogen-bond donors (Lipinski definition) is 0. The highest BCUT2D eigenvalue weighted by molar-refractivity contribution is 5.76. The van der Waals surface area contributed by atoms with Crippen LogP contribution in [0.1, 0.15) is 39.5 Å². The van der Waals surface area contributed by atoms with Gasteiger partial charge in [0.05, 0.1) is 0 Å². The fourth-order valence-electron chi connectivity index (χ4n) is 2.34. The van der Waals surface area contributed by atoms with E-state index in [1.54, 1.807) is 7.11 Å². The first kappa shape index (κ1) is 13.5. The summed E-state index contributed by atoms with van der Waals surface area (Å²) in [6.07, 6.45) is 3.83. The molecule has 1 aliphatic rings. The van der Waals surface area contributed by atoms with Gasteiger partial charge in [0.2, 0.25) is 5.91 Å². The van der Waals surface area contributed by atoms with Crippen LogP contribution in [0.5, 0.6) is 0 Å². The highest BCUT2D eigenvalue weighted by atomic mass is 16.5. The van der Waals surface area contributed by atoms with E-state index in [9.17, 15) is 4.79 Å². The van der Waals surface area contributed by atoms with Crippen LogP contribution in [0, 0.1) is 11.8 Å². The fourth-order valence-corrected chi connectivity index (χ4v) is 2.34. The van der Waals surface area contributed by atoms with Crippen LogP contribution in [0.4, 0.5) is 0 Å². The minimum absolute atomic E-state index is 0.305. The molecule has 0 N–H and O–H groups in total. The molecule has 16 heavy (non-hydrogen) atoms. The van der Waals surface area contributed by atoms with E-state index in [0.717, 1.165) is 31.3 Å². The molecule has 0 bridgehead atoms. The van der Waals surface area contributed by atoms with E-state index in [4.69, 9.17) is 4.74 Å². The molecule has 1 aliphatic heterocycles. The Morgan fingerprint density at radius 2 is 2.00 bits per heavy atom. The van der Waals surface area contributed by atoms with E-state index in [-0.39, 0.29) is 0 Å². The molecule has 0 saturated carbocycles. The van der Waals surface area contributed by atoms with Crippen LogP contribution >= 0.6 is 0 Å². The first-order chi connectivity index (χ1) is 7.65. The second-order valence-electron chi connectivity index (χ2n) is 5.06. The van der Waals surface area contributed by atoms with Crippen molar-refractivity contribution in [2.45, 2.75) is 39.5 Å². The summed E-state index contributed by atoms with van der Waals surface area (Å²) in [5.41, 5.74) is 0. The Labute approximate surface area is 99.1 Å². The van der Waals surface area contributed by atoms with Crippen molar-refractivity contribution < 1.29 is 9.53 Å². The van der Waals surface area contributed by atoms with Gasteiger partial charge in [0.25, 0.3) is 0 Å². The van der Waals surface area contributed by atoms with Gasteiger partial charge in [-0.1, -0.05) is 13.8 Å². The number of hydrogen-bond acceptors (Lipinski definition) is 2. The lowest BCUT2D eigenvalue weighted by atomic mass is 9.86. The van der Waals surface area contributed by atoms with Crippen LogP contribution in [0.15, 0.2) is 0 Å². The number of methoxy groups -OCH3 is 1. The maximum Gasteiger partial charge on any atom is 0.222 e. The highest BCUT2D eigenvalue weighted by Crippen LogP contribution is 2.24. The standard InChI is InChI=1S/C13H25NO2/c1-11(2)12-6-8-14(9-7-12)13(15)5-4-10-16-3/h11-12H,4-10H2,1-3H3. The van der Waals surface area contributed by atoms with E-state index in [2.05, 4.69) is 13.8 Å². The van der Waals surface area contributed by atoms with Crippen LogP contribution in [0.3, 0.4) is 0 Å². The maximum absolute atomic E-state index is 11.8. The van der Waals surface area contributed by atoms with Gasteiger partial charge in [-0.3, -0.25) is 4.79 Å². The number of carbonyl (C=O) groups excluding carboxylic acids is 1. The molecule has 1 saturated heterocycles. The summed E-state index contributed by atoms with van der Waals surface area (Å²) in [4.78, 5) is 13.8. The van der Waals surface area contributed by atoms with Crippen molar-refractivity contribution in [1.29, 1.82) is 0 Å². The zero-order valence-electron chi connectivity index (χ0n) is 10.9. The number of likely N-dealkylation sites (tertiary alicyclic amines) is 1. The van der Waals surface area contributed by atoms with Crippen LogP contribution in [-0.2, 0) is 9.53 Å². The van der Waals surface area contributed by atoms with Crippen molar-refractivity contribution in [2.24, 2.45) is 11.8 Å². The van der Waals surface area contributed by atoms with Gasteiger partial charge in [-0.05, 0) is 31.1 Å². The molecule has 1 rings (SSSR count). The molecule has 0 atom stereocenters. The van der Waals surface area contributed by atoms with Gasteiger partial charge in [0.1, 0.15) is 0 Å². The van der Waals surface area contributed by atoms with E-state index in [1.165, 1.54) is 12.8 Å². The molecule has 0 aliphatic carbocycles. The Balaban J connectivity index is 2.22. The number of ether oxygens (including phenoxy) is 1. The number of amides is 1. The van der Waals surface area contributed by atoms with Gasteiger partial charge in [0.15, 0.2) is 0 Å². The summed E-state index contributed by atoms with van der Waals surface area (Å²) < 4.78 is 4.96. The lowest BCUT2D eigenvalue weighted by Crippen LogP contribution is -2.39. The first-order valence-electron chi connectivity index (χ1n) is 6.42. The normalized spacial score (nSPS) is 18.1. The quantitative estimate of drug-likeness (QED) is 0.675. The number of piperidine rings is 1. The van der Waals surface area contributed by atoms with Crippen molar-refractivity contribution >= 4 is 5.91 Å². The smallest absolute Gasteiger partial charge is 0.222 e. The van der Waals surface area contributed by atoms with Crippen LogP contribution in [0.25, 0.3) is 0 Å². The zero-order chi connectivity index (χ0) is 12.0. The van der Waals surface area contributed by atoms with Gasteiger partial charge in [0, 0.05) is 33.2 Å². The molecule has 0 spiro atoms. The molecule has 0 aromatic carbocycles. The van der Waals surface area contributed by atoms with Crippen molar-refractivity contribution in [3.8, 4) is 0 Å². The Morgan fingerprint density at radius 1 is 1.38 bits per heavy atom. The fraction of sp³-hybridized carbons (Fsp3) is 0.923. The second-order valence-corrected chi connectivity index (χ2v) is 5.06. The van der Waals surface area contributed by atoms with E-state index in [1.807, 2.05) is 4.90 Å². The highest BCUT2D eigenvalue weighted by Gasteiger charge is 2.23. The van der Waals surface area contributed by atoms with E-state index >= 15 is 0 Å². The number of nitrogens with zero attached hydrogens (tertiary/aromatic N) is 1. The van der Waals surface area contributed by atoms with Crippen LogP contribution < -0.4 is 0 Å². The summed E-state index contributed by atoms with van der Waals surface area (Å²) >= 11 is 0. The van der Waals surface area contributed by atoms with Crippen molar-refractivity contribution in [1.82, 2.24) is 4.90 Å². The average molecular weight is 227 g/mol. The maximum atomic E-state index is 11.8. The molecule has 3 heteroatoms. The Hall–Kier alpha value is -0.570. The van der Waals surface area contributed by atoms with Crippen molar-refractivity contribution in [3.63, 3.8) is 0 Å². The van der Waals surface area contributed by atoms with Gasteiger partial charge in [-0.2, -0.15) is 0 Å². The predicted octanol–water partition coefficient (Wildman–Crippen LogP) is 2.31. The third kappa shape index (κ3) is 4.12. The first-order valence-corrected chi connectivity index (χ1v) is 6.42. The minimum Gasteiger partial charge on any atom is -0.385 e. The topological polar surface area (TPSA) is 29.5 Å². The Morgan fingerprint density at radius 3 is 2.50 bits per heavy atom. The molecular weight excluding hydrogens is 202 g/mol. The molecule has 0 aromatic heterocycles. The lowest BCUT2D eigenvalue weighted by molar-refractivity contribution is -0.133. The summed E-state index contributed by atoms with van der Waals surface area (Å²) in [6, 6.07) is 0. The molecule has 0 radical (unpaired) electrons. The third-order valence-electron chi connectivity index (χ3n) is 3.57. The molecular formula is C13H25NO2. The van der Waals surface area contributed by atoms with Crippen LogP contribution in [0.2, 0.25) is 0 Å². The predicted molar refractivity (Wildman–Crippen MR) is 65.3 cm³/mol. The lowest BCUT2D eigenvalue weighted by Gasteiger charge is -2.34. The molecule has 1 fully saturated rings. The summed E-state index contributed by atoms with van der Waals surface area (Å²) in [6.45, 7) is 7.15. The number of rotatable bonds is 5. The monoisotopic (exact) mass is 227 g/mol. The van der Waals surface area contributed by atoms with Crippen molar-refractivity contribution in [3.05, 3.63) is 0 Å². The van der Waals surface area contributed by atoms with Gasteiger partial charge in [-0.25, -0.2) is 0 Å². The molecule has 3 nitrogen and oxygen atoms in total. The molecule has 94 valence electrons. The summed E-state index contributed by atoms with van der Waals surface area (Å²) in [5, 5.41) is 0. The molecule has 1 heterocycles.